The standard InChI is InChI=1S/C19H31NO/c1-3-5-8-13-20-18(4-2)19(21)17-12-11-15-9-6-7-10-16(15)14-17/h11-12,14,18-21H,3-10,13H2,1-2H3. The molecular weight excluding hydrogens is 258 g/mol. The maximum Gasteiger partial charge on any atom is 0.0942 e. The van der Waals surface area contributed by atoms with Crippen molar-refractivity contribution in [1.82, 2.24) is 5.32 Å². The first kappa shape index (κ1) is 16.5. The molecule has 0 heterocycles. The van der Waals surface area contributed by atoms with Gasteiger partial charge >= 0.3 is 0 Å². The van der Waals surface area contributed by atoms with E-state index in [1.165, 1.54) is 56.1 Å². The van der Waals surface area contributed by atoms with Crippen molar-refractivity contribution < 1.29 is 5.11 Å². The van der Waals surface area contributed by atoms with Crippen molar-refractivity contribution in [1.29, 1.82) is 0 Å². The molecule has 0 aliphatic heterocycles. The molecule has 0 fully saturated rings. The quantitative estimate of drug-likeness (QED) is 0.704. The van der Waals surface area contributed by atoms with E-state index in [0.29, 0.717) is 0 Å². The summed E-state index contributed by atoms with van der Waals surface area (Å²) in [5.74, 6) is 0. The van der Waals surface area contributed by atoms with E-state index in [9.17, 15) is 5.11 Å². The van der Waals surface area contributed by atoms with E-state index in [-0.39, 0.29) is 12.1 Å². The smallest absolute Gasteiger partial charge is 0.0942 e. The monoisotopic (exact) mass is 289 g/mol. The van der Waals surface area contributed by atoms with Crippen molar-refractivity contribution in [3.63, 3.8) is 0 Å². The molecule has 2 atom stereocenters. The van der Waals surface area contributed by atoms with Gasteiger partial charge in [-0.3, -0.25) is 0 Å². The van der Waals surface area contributed by atoms with Gasteiger partial charge in [0.2, 0.25) is 0 Å². The van der Waals surface area contributed by atoms with Gasteiger partial charge in [0.25, 0.3) is 0 Å². The van der Waals surface area contributed by atoms with Crippen LogP contribution in [-0.2, 0) is 12.8 Å². The fourth-order valence-corrected chi connectivity index (χ4v) is 3.31. The Kier molecular flexibility index (Phi) is 6.72. The molecule has 0 bridgehead atoms. The molecule has 0 saturated carbocycles. The maximum absolute atomic E-state index is 10.7. The predicted molar refractivity (Wildman–Crippen MR) is 89.7 cm³/mol. The average Bonchev–Trinajstić information content (AvgIpc) is 2.54. The minimum absolute atomic E-state index is 0.170. The summed E-state index contributed by atoms with van der Waals surface area (Å²) in [6, 6.07) is 6.78. The van der Waals surface area contributed by atoms with Gasteiger partial charge in [-0.2, -0.15) is 0 Å². The van der Waals surface area contributed by atoms with Gasteiger partial charge in [-0.1, -0.05) is 44.9 Å². The molecule has 1 aromatic carbocycles. The topological polar surface area (TPSA) is 32.3 Å². The molecule has 2 heteroatoms. The summed E-state index contributed by atoms with van der Waals surface area (Å²) in [5, 5.41) is 14.2. The largest absolute Gasteiger partial charge is 0.387 e. The van der Waals surface area contributed by atoms with Gasteiger partial charge in [0.15, 0.2) is 0 Å². The lowest BCUT2D eigenvalue weighted by molar-refractivity contribution is 0.126. The van der Waals surface area contributed by atoms with E-state index in [1.807, 2.05) is 0 Å². The van der Waals surface area contributed by atoms with Crippen molar-refractivity contribution in [3.05, 3.63) is 34.9 Å². The molecular formula is C19H31NO. The lowest BCUT2D eigenvalue weighted by atomic mass is 9.88. The van der Waals surface area contributed by atoms with Crippen molar-refractivity contribution >= 4 is 0 Å². The summed E-state index contributed by atoms with van der Waals surface area (Å²) in [6.45, 7) is 5.38. The third kappa shape index (κ3) is 4.55. The van der Waals surface area contributed by atoms with Crippen LogP contribution in [0.2, 0.25) is 0 Å². The molecule has 2 N–H and O–H groups in total. The van der Waals surface area contributed by atoms with Crippen LogP contribution in [0.15, 0.2) is 18.2 Å². The molecule has 1 aromatic rings. The van der Waals surface area contributed by atoms with E-state index in [4.69, 9.17) is 0 Å². The first-order chi connectivity index (χ1) is 10.3. The number of nitrogens with one attached hydrogen (secondary N) is 1. The molecule has 2 unspecified atom stereocenters. The third-order valence-corrected chi connectivity index (χ3v) is 4.72. The summed E-state index contributed by atoms with van der Waals surface area (Å²) in [6.07, 6.45) is 9.27. The van der Waals surface area contributed by atoms with Gasteiger partial charge in [-0.15, -0.1) is 0 Å². The van der Waals surface area contributed by atoms with Crippen LogP contribution in [0.4, 0.5) is 0 Å². The number of hydrogen-bond donors (Lipinski definition) is 2. The number of aliphatic hydroxyl groups is 1. The van der Waals surface area contributed by atoms with Crippen LogP contribution >= 0.6 is 0 Å². The van der Waals surface area contributed by atoms with Crippen LogP contribution in [-0.4, -0.2) is 17.7 Å². The van der Waals surface area contributed by atoms with E-state index >= 15 is 0 Å². The highest BCUT2D eigenvalue weighted by Gasteiger charge is 2.20. The average molecular weight is 289 g/mol. The van der Waals surface area contributed by atoms with Crippen molar-refractivity contribution in [3.8, 4) is 0 Å². The zero-order valence-electron chi connectivity index (χ0n) is 13.7. The summed E-state index contributed by atoms with van der Waals surface area (Å²) < 4.78 is 0. The van der Waals surface area contributed by atoms with Crippen molar-refractivity contribution in [2.75, 3.05) is 6.54 Å². The zero-order valence-corrected chi connectivity index (χ0v) is 13.7. The second-order valence-electron chi connectivity index (χ2n) is 6.36. The normalized spacial score (nSPS) is 17.3. The van der Waals surface area contributed by atoms with Gasteiger partial charge in [0, 0.05) is 6.04 Å². The molecule has 1 aliphatic carbocycles. The van der Waals surface area contributed by atoms with Gasteiger partial charge < -0.3 is 10.4 Å². The van der Waals surface area contributed by atoms with Crippen molar-refractivity contribution in [2.24, 2.45) is 0 Å². The number of rotatable bonds is 8. The Hall–Kier alpha value is -0.860. The fourth-order valence-electron chi connectivity index (χ4n) is 3.31. The second-order valence-corrected chi connectivity index (χ2v) is 6.36. The Morgan fingerprint density at radius 3 is 2.57 bits per heavy atom. The Morgan fingerprint density at radius 2 is 1.86 bits per heavy atom. The SMILES string of the molecule is CCCCCNC(CC)C(O)c1ccc2c(c1)CCCC2. The minimum atomic E-state index is -0.385. The number of unbranched alkanes of at least 4 members (excludes halogenated alkanes) is 2. The number of fused-ring (bicyclic) bond motifs is 1. The van der Waals surface area contributed by atoms with Crippen LogP contribution < -0.4 is 5.32 Å². The minimum Gasteiger partial charge on any atom is -0.387 e. The summed E-state index contributed by atoms with van der Waals surface area (Å²) >= 11 is 0. The lowest BCUT2D eigenvalue weighted by Crippen LogP contribution is -2.35. The number of hydrogen-bond acceptors (Lipinski definition) is 2. The molecule has 118 valence electrons. The van der Waals surface area contributed by atoms with E-state index < -0.39 is 0 Å². The lowest BCUT2D eigenvalue weighted by Gasteiger charge is -2.25. The Balaban J connectivity index is 1.98. The van der Waals surface area contributed by atoms with Crippen LogP contribution in [0, 0.1) is 0 Å². The van der Waals surface area contributed by atoms with Crippen LogP contribution in [0.25, 0.3) is 0 Å². The summed E-state index contributed by atoms with van der Waals surface area (Å²) in [5.41, 5.74) is 4.03. The first-order valence-corrected chi connectivity index (χ1v) is 8.79. The molecule has 0 spiro atoms. The highest BCUT2D eigenvalue weighted by atomic mass is 16.3. The predicted octanol–water partition coefficient (Wildman–Crippen LogP) is 4.16. The van der Waals surface area contributed by atoms with E-state index in [2.05, 4.69) is 37.4 Å². The van der Waals surface area contributed by atoms with Gasteiger partial charge in [0.05, 0.1) is 6.10 Å². The number of benzene rings is 1. The Labute approximate surface area is 130 Å². The van der Waals surface area contributed by atoms with Gasteiger partial charge in [-0.05, 0) is 61.8 Å². The second kappa shape index (κ2) is 8.55. The summed E-state index contributed by atoms with van der Waals surface area (Å²) in [7, 11) is 0. The molecule has 2 rings (SSSR count). The van der Waals surface area contributed by atoms with Crippen LogP contribution in [0.3, 0.4) is 0 Å². The van der Waals surface area contributed by atoms with Crippen LogP contribution in [0.1, 0.15) is 75.2 Å². The first-order valence-electron chi connectivity index (χ1n) is 8.79. The molecule has 21 heavy (non-hydrogen) atoms. The maximum atomic E-state index is 10.7. The highest BCUT2D eigenvalue weighted by molar-refractivity contribution is 5.35. The Bertz CT molecular complexity index is 430. The molecule has 1 aliphatic rings. The highest BCUT2D eigenvalue weighted by Crippen LogP contribution is 2.26. The number of aliphatic hydroxyl groups excluding tert-OH is 1. The van der Waals surface area contributed by atoms with E-state index in [1.54, 1.807) is 0 Å². The van der Waals surface area contributed by atoms with Gasteiger partial charge in [0.1, 0.15) is 0 Å². The molecule has 0 amide bonds. The molecule has 0 saturated heterocycles. The molecule has 0 radical (unpaired) electrons. The zero-order chi connectivity index (χ0) is 15.1. The fraction of sp³-hybridized carbons (Fsp3) is 0.684. The Morgan fingerprint density at radius 1 is 1.10 bits per heavy atom. The van der Waals surface area contributed by atoms with Gasteiger partial charge in [-0.25, -0.2) is 0 Å². The van der Waals surface area contributed by atoms with E-state index in [0.717, 1.165) is 18.5 Å². The molecule has 2 nitrogen and oxygen atoms in total. The van der Waals surface area contributed by atoms with Crippen LogP contribution in [0.5, 0.6) is 0 Å². The number of aryl methyl sites for hydroxylation is 2. The molecule has 0 aromatic heterocycles. The van der Waals surface area contributed by atoms with Crippen molar-refractivity contribution in [2.45, 2.75) is 77.4 Å². The summed E-state index contributed by atoms with van der Waals surface area (Å²) in [4.78, 5) is 0. The third-order valence-electron chi connectivity index (χ3n) is 4.72.